The molecule has 0 saturated heterocycles. The molecule has 0 aromatic rings. The zero-order chi connectivity index (χ0) is 14.2. The van der Waals surface area contributed by atoms with Crippen LogP contribution in [-0.4, -0.2) is 30.9 Å². The van der Waals surface area contributed by atoms with Gasteiger partial charge in [-0.2, -0.15) is 0 Å². The number of hydrogen-bond donors (Lipinski definition) is 0. The summed E-state index contributed by atoms with van der Waals surface area (Å²) in [7, 11) is 0.581. The molecule has 0 atom stereocenters. The molecule has 0 aliphatic carbocycles. The van der Waals surface area contributed by atoms with E-state index >= 15 is 0 Å². The second-order valence-electron chi connectivity index (χ2n) is 6.37. The first-order valence-corrected chi connectivity index (χ1v) is 13.4. The monoisotopic (exact) mass is 290 g/mol. The molecule has 0 radical (unpaired) electrons. The molecule has 110 valence electrons. The van der Waals surface area contributed by atoms with Gasteiger partial charge in [0.25, 0.3) is 0 Å². The van der Waals surface area contributed by atoms with Gasteiger partial charge in [-0.15, -0.1) is 0 Å². The quantitative estimate of drug-likeness (QED) is 0.418. The predicted octanol–water partition coefficient (Wildman–Crippen LogP) is 4.96. The van der Waals surface area contributed by atoms with E-state index < -0.39 is 16.6 Å². The number of unbranched alkanes of at least 4 members (excludes halogenated alkanes) is 4. The van der Waals surface area contributed by atoms with Crippen LogP contribution in [0.3, 0.4) is 0 Å². The van der Waals surface area contributed by atoms with Crippen molar-refractivity contribution in [2.75, 3.05) is 14.2 Å². The molecule has 4 heteroatoms. The Bertz CT molecular complexity index is 202. The van der Waals surface area contributed by atoms with Gasteiger partial charge in [-0.05, 0) is 31.4 Å². The first kappa shape index (κ1) is 18.4. The minimum Gasteiger partial charge on any atom is -0.420 e. The van der Waals surface area contributed by atoms with E-state index in [0.717, 1.165) is 0 Å². The van der Waals surface area contributed by atoms with Gasteiger partial charge in [-0.25, -0.2) is 0 Å². The summed E-state index contributed by atoms with van der Waals surface area (Å²) in [5.74, 6) is 0. The molecule has 0 bridgehead atoms. The molecule has 18 heavy (non-hydrogen) atoms. The van der Waals surface area contributed by atoms with E-state index in [9.17, 15) is 0 Å². The Kier molecular flexibility index (Phi) is 8.68. The molecule has 0 aromatic heterocycles. The Hall–Kier alpha value is 0.354. The molecule has 0 fully saturated rings. The highest BCUT2D eigenvalue weighted by molar-refractivity contribution is 6.91. The van der Waals surface area contributed by atoms with E-state index in [1.54, 1.807) is 0 Å². The molecule has 0 unspecified atom stereocenters. The van der Waals surface area contributed by atoms with Crippen molar-refractivity contribution in [2.24, 2.45) is 0 Å². The fraction of sp³-hybridized carbons (Fsp3) is 1.00. The van der Waals surface area contributed by atoms with Crippen LogP contribution in [0.2, 0.25) is 31.4 Å². The predicted molar refractivity (Wildman–Crippen MR) is 86.1 cm³/mol. The van der Waals surface area contributed by atoms with E-state index in [1.165, 1.54) is 38.5 Å². The Labute approximate surface area is 117 Å². The number of hydrogen-bond acceptors (Lipinski definition) is 2. The van der Waals surface area contributed by atoms with Gasteiger partial charge in [-0.3, -0.25) is 0 Å². The lowest BCUT2D eigenvalue weighted by molar-refractivity contribution is 0.365. The van der Waals surface area contributed by atoms with Gasteiger partial charge in [0, 0.05) is 14.2 Å². The van der Waals surface area contributed by atoms with Crippen LogP contribution < -0.4 is 0 Å². The third-order valence-corrected chi connectivity index (χ3v) is 14.5. The lowest BCUT2D eigenvalue weighted by atomic mass is 10.1. The van der Waals surface area contributed by atoms with Crippen LogP contribution in [0.1, 0.15) is 45.4 Å². The first-order valence-electron chi connectivity index (χ1n) is 7.42. The maximum atomic E-state index is 5.86. The Morgan fingerprint density at radius 3 is 1.61 bits per heavy atom. The molecule has 0 spiro atoms. The van der Waals surface area contributed by atoms with E-state index in [0.29, 0.717) is 5.16 Å². The summed E-state index contributed by atoms with van der Waals surface area (Å²) in [5, 5.41) is 0.696. The van der Waals surface area contributed by atoms with Gasteiger partial charge in [0.15, 0.2) is 16.6 Å². The van der Waals surface area contributed by atoms with E-state index in [-0.39, 0.29) is 0 Å². The lowest BCUT2D eigenvalue weighted by Gasteiger charge is -2.39. The van der Waals surface area contributed by atoms with Crippen LogP contribution in [0.25, 0.3) is 0 Å². The zero-order valence-electron chi connectivity index (χ0n) is 13.6. The van der Waals surface area contributed by atoms with Crippen molar-refractivity contribution in [2.45, 2.75) is 76.8 Å². The van der Waals surface area contributed by atoms with Crippen molar-refractivity contribution >= 4 is 16.6 Å². The summed E-state index contributed by atoms with van der Waals surface area (Å²) in [6, 6.07) is 0. The van der Waals surface area contributed by atoms with Gasteiger partial charge in [0.1, 0.15) is 0 Å². The molecule has 0 aliphatic rings. The van der Waals surface area contributed by atoms with E-state index in [4.69, 9.17) is 8.85 Å². The number of rotatable bonds is 10. The summed E-state index contributed by atoms with van der Waals surface area (Å²) in [6.07, 6.45) is 8.08. The molecule has 0 saturated carbocycles. The van der Waals surface area contributed by atoms with Crippen molar-refractivity contribution < 1.29 is 8.85 Å². The van der Waals surface area contributed by atoms with Crippen molar-refractivity contribution in [1.29, 1.82) is 0 Å². The molecular weight excluding hydrogens is 256 g/mol. The molecule has 0 rings (SSSR count). The third kappa shape index (κ3) is 6.00. The Morgan fingerprint density at radius 1 is 0.778 bits per heavy atom. The molecule has 0 N–H and O–H groups in total. The highest BCUT2D eigenvalue weighted by Gasteiger charge is 2.44. The highest BCUT2D eigenvalue weighted by atomic mass is 28.4. The fourth-order valence-electron chi connectivity index (χ4n) is 2.77. The van der Waals surface area contributed by atoms with Crippen LogP contribution in [0.15, 0.2) is 0 Å². The van der Waals surface area contributed by atoms with Crippen LogP contribution in [0.5, 0.6) is 0 Å². The molecule has 0 aromatic carbocycles. The molecular formula is C14H34O2Si2. The second kappa shape index (κ2) is 8.51. The Morgan fingerprint density at radius 2 is 1.22 bits per heavy atom. The maximum absolute atomic E-state index is 5.86. The summed E-state index contributed by atoms with van der Waals surface area (Å²) in [6.45, 7) is 11.6. The van der Waals surface area contributed by atoms with Gasteiger partial charge in [-0.1, -0.05) is 45.4 Å². The largest absolute Gasteiger partial charge is 0.420 e. The van der Waals surface area contributed by atoms with Crippen molar-refractivity contribution in [3.05, 3.63) is 0 Å². The van der Waals surface area contributed by atoms with Crippen LogP contribution >= 0.6 is 0 Å². The van der Waals surface area contributed by atoms with Crippen LogP contribution in [0.4, 0.5) is 0 Å². The van der Waals surface area contributed by atoms with Crippen molar-refractivity contribution in [1.82, 2.24) is 0 Å². The van der Waals surface area contributed by atoms with E-state index in [2.05, 4.69) is 33.1 Å². The standard InChI is InChI=1S/C14H34O2Si2/c1-8-9-10-11-12-13-14(17(4,5)15-2)18(6,7)16-3/h14H,8-13H2,1-7H3. The molecule has 0 amide bonds. The summed E-state index contributed by atoms with van der Waals surface area (Å²) in [5.41, 5.74) is 0. The van der Waals surface area contributed by atoms with Gasteiger partial charge < -0.3 is 8.85 Å². The normalized spacial score (nSPS) is 13.3. The van der Waals surface area contributed by atoms with Gasteiger partial charge >= 0.3 is 0 Å². The molecule has 0 heterocycles. The average molecular weight is 291 g/mol. The fourth-order valence-corrected chi connectivity index (χ4v) is 12.5. The van der Waals surface area contributed by atoms with Crippen LogP contribution in [0, 0.1) is 0 Å². The summed E-state index contributed by atoms with van der Waals surface area (Å²) >= 11 is 0. The first-order chi connectivity index (χ1) is 8.31. The Balaban J connectivity index is 4.41. The second-order valence-corrected chi connectivity index (χ2v) is 15.6. The highest BCUT2D eigenvalue weighted by Crippen LogP contribution is 2.37. The topological polar surface area (TPSA) is 18.5 Å². The average Bonchev–Trinajstić information content (AvgIpc) is 2.33. The minimum atomic E-state index is -1.59. The van der Waals surface area contributed by atoms with Crippen LogP contribution in [-0.2, 0) is 8.85 Å². The van der Waals surface area contributed by atoms with Crippen molar-refractivity contribution in [3.63, 3.8) is 0 Å². The van der Waals surface area contributed by atoms with Gasteiger partial charge in [0.2, 0.25) is 0 Å². The lowest BCUT2D eigenvalue weighted by Crippen LogP contribution is -2.50. The van der Waals surface area contributed by atoms with Crippen molar-refractivity contribution in [3.8, 4) is 0 Å². The molecule has 2 nitrogen and oxygen atoms in total. The smallest absolute Gasteiger partial charge is 0.188 e. The minimum absolute atomic E-state index is 0.696. The summed E-state index contributed by atoms with van der Waals surface area (Å²) in [4.78, 5) is 0. The zero-order valence-corrected chi connectivity index (χ0v) is 15.6. The third-order valence-electron chi connectivity index (χ3n) is 4.33. The summed E-state index contributed by atoms with van der Waals surface area (Å²) < 4.78 is 11.7. The van der Waals surface area contributed by atoms with Gasteiger partial charge in [0.05, 0.1) is 0 Å². The SMILES string of the molecule is CCCCCCCC([Si](C)(C)OC)[Si](C)(C)OC. The molecule has 0 aliphatic heterocycles. The van der Waals surface area contributed by atoms with E-state index in [1.807, 2.05) is 14.2 Å². The maximum Gasteiger partial charge on any atom is 0.188 e.